The summed E-state index contributed by atoms with van der Waals surface area (Å²) in [4.78, 5) is 16.6. The Bertz CT molecular complexity index is 1280. The molecule has 1 aromatic heterocycles. The molecule has 12 heteroatoms. The molecule has 10 nitrogen and oxygen atoms in total. The van der Waals surface area contributed by atoms with E-state index < -0.39 is 28.0 Å². The zero-order valence-electron chi connectivity index (χ0n) is 20.2. The largest absolute Gasteiger partial charge is 0.339 e. The molecular weight excluding hydrogens is 487 g/mol. The van der Waals surface area contributed by atoms with E-state index in [1.807, 2.05) is 0 Å². The number of carbonyl (C=O) groups excluding carboxylic acids is 1. The van der Waals surface area contributed by atoms with Gasteiger partial charge in [-0.3, -0.25) is 9.52 Å². The van der Waals surface area contributed by atoms with Crippen molar-refractivity contribution >= 4 is 27.3 Å². The van der Waals surface area contributed by atoms with Crippen molar-refractivity contribution in [2.24, 2.45) is 16.9 Å². The molecule has 0 bridgehead atoms. The van der Waals surface area contributed by atoms with Crippen LogP contribution in [0.3, 0.4) is 0 Å². The van der Waals surface area contributed by atoms with E-state index >= 15 is 0 Å². The highest BCUT2D eigenvalue weighted by Gasteiger charge is 2.27. The summed E-state index contributed by atoms with van der Waals surface area (Å²) < 4.78 is 46.6. The first-order valence-corrected chi connectivity index (χ1v) is 12.9. The van der Waals surface area contributed by atoms with Gasteiger partial charge >= 0.3 is 0 Å². The van der Waals surface area contributed by atoms with E-state index in [0.29, 0.717) is 35.9 Å². The molecule has 194 valence electrons. The van der Waals surface area contributed by atoms with Crippen molar-refractivity contribution in [2.45, 2.75) is 44.0 Å². The summed E-state index contributed by atoms with van der Waals surface area (Å²) in [5, 5.41) is 6.54. The van der Waals surface area contributed by atoms with Gasteiger partial charge < -0.3 is 21.3 Å². The maximum atomic E-state index is 13.1. The third-order valence-corrected chi connectivity index (χ3v) is 6.83. The predicted molar refractivity (Wildman–Crippen MR) is 135 cm³/mol. The lowest BCUT2D eigenvalue weighted by atomic mass is 9.94. The number of nitrogens with zero attached hydrogens (tertiary/aromatic N) is 2. The smallest absolute Gasteiger partial charge is 0.261 e. The molecule has 0 aliphatic carbocycles. The number of rotatable bonds is 12. The molecule has 0 spiro atoms. The fourth-order valence-electron chi connectivity index (χ4n) is 3.18. The molecule has 1 atom stereocenters. The Kier molecular flexibility index (Phi) is 8.77. The van der Waals surface area contributed by atoms with E-state index in [-0.39, 0.29) is 16.6 Å². The van der Waals surface area contributed by atoms with Gasteiger partial charge in [0.05, 0.1) is 16.0 Å². The zero-order chi connectivity index (χ0) is 26.3. The minimum Gasteiger partial charge on any atom is -0.339 e. The van der Waals surface area contributed by atoms with Gasteiger partial charge in [0.25, 0.3) is 10.0 Å². The van der Waals surface area contributed by atoms with Crippen LogP contribution < -0.4 is 21.5 Å². The number of hydrogen-bond donors (Lipinski definition) is 4. The average molecular weight is 519 g/mol. The molecule has 0 saturated heterocycles. The van der Waals surface area contributed by atoms with Crippen molar-refractivity contribution in [3.63, 3.8) is 0 Å². The highest BCUT2D eigenvalue weighted by molar-refractivity contribution is 7.92. The topological polar surface area (TPSA) is 166 Å². The fraction of sp³-hybridized carbons (Fsp3) is 0.375. The van der Waals surface area contributed by atoms with Gasteiger partial charge in [0, 0.05) is 23.7 Å². The number of amides is 1. The minimum absolute atomic E-state index is 0.0202. The number of hydrogen-bond acceptors (Lipinski definition) is 8. The Morgan fingerprint density at radius 2 is 1.86 bits per heavy atom. The van der Waals surface area contributed by atoms with Gasteiger partial charge in [0.2, 0.25) is 17.6 Å². The molecule has 36 heavy (non-hydrogen) atoms. The van der Waals surface area contributed by atoms with Gasteiger partial charge in [0.1, 0.15) is 6.67 Å². The second kappa shape index (κ2) is 11.6. The standard InChI is InChI=1S/C24H31FN6O4S/c1-24(2,15-25)23(32)28-18-6-3-7-19(14-18)31-36(33,34)20-10-8-16(9-11-20)22-29-21(35-30-22)13-17(27)5-4-12-26/h3,6-11,14,17,31H,4-5,12-13,15,26-27H2,1-2H3,(H,28,32)/t17-/m0/s1. The lowest BCUT2D eigenvalue weighted by Crippen LogP contribution is -2.32. The summed E-state index contributed by atoms with van der Waals surface area (Å²) in [7, 11) is -3.92. The molecule has 0 fully saturated rings. The van der Waals surface area contributed by atoms with Gasteiger partial charge in [-0.25, -0.2) is 12.8 Å². The Labute approximate surface area is 209 Å². The summed E-state index contributed by atoms with van der Waals surface area (Å²) >= 11 is 0. The van der Waals surface area contributed by atoms with Crippen molar-refractivity contribution in [2.75, 3.05) is 23.3 Å². The Balaban J connectivity index is 1.68. The van der Waals surface area contributed by atoms with Gasteiger partial charge in [-0.15, -0.1) is 0 Å². The summed E-state index contributed by atoms with van der Waals surface area (Å²) in [5.41, 5.74) is 11.5. The van der Waals surface area contributed by atoms with Crippen molar-refractivity contribution in [1.82, 2.24) is 10.1 Å². The number of halogens is 1. The third-order valence-electron chi connectivity index (χ3n) is 5.43. The zero-order valence-corrected chi connectivity index (χ0v) is 21.0. The third kappa shape index (κ3) is 7.09. The van der Waals surface area contributed by atoms with Crippen LogP contribution in [0.1, 0.15) is 32.6 Å². The minimum atomic E-state index is -3.92. The van der Waals surface area contributed by atoms with Gasteiger partial charge in [-0.2, -0.15) is 4.98 Å². The molecular formula is C24H31FN6O4S. The maximum absolute atomic E-state index is 13.1. The van der Waals surface area contributed by atoms with Crippen LogP contribution in [0.2, 0.25) is 0 Å². The van der Waals surface area contributed by atoms with Crippen LogP contribution in [-0.4, -0.2) is 43.7 Å². The molecule has 0 aliphatic heterocycles. The quantitative estimate of drug-likeness (QED) is 0.284. The van der Waals surface area contributed by atoms with Crippen LogP contribution in [0.15, 0.2) is 57.9 Å². The van der Waals surface area contributed by atoms with Crippen LogP contribution in [0.25, 0.3) is 11.4 Å². The molecule has 1 heterocycles. The first kappa shape index (κ1) is 27.2. The van der Waals surface area contributed by atoms with Crippen molar-refractivity contribution in [3.05, 3.63) is 54.4 Å². The van der Waals surface area contributed by atoms with Crippen LogP contribution in [-0.2, 0) is 21.2 Å². The number of sulfonamides is 1. The number of alkyl halides is 1. The van der Waals surface area contributed by atoms with Crippen molar-refractivity contribution in [3.8, 4) is 11.4 Å². The first-order valence-electron chi connectivity index (χ1n) is 11.4. The Hall–Kier alpha value is -3.35. The first-order chi connectivity index (χ1) is 17.0. The second-order valence-corrected chi connectivity index (χ2v) is 10.8. The van der Waals surface area contributed by atoms with E-state index in [1.165, 1.54) is 32.0 Å². The number of benzene rings is 2. The van der Waals surface area contributed by atoms with Crippen molar-refractivity contribution < 1.29 is 22.1 Å². The van der Waals surface area contributed by atoms with Gasteiger partial charge in [-0.05, 0) is 75.7 Å². The fourth-order valence-corrected chi connectivity index (χ4v) is 4.23. The van der Waals surface area contributed by atoms with E-state index in [0.717, 1.165) is 12.8 Å². The SMILES string of the molecule is CC(C)(CF)C(=O)Nc1cccc(NS(=O)(=O)c2ccc(-c3noc(C[C@@H](N)CCCN)n3)cc2)c1. The van der Waals surface area contributed by atoms with Crippen LogP contribution in [0, 0.1) is 5.41 Å². The molecule has 0 unspecified atom stereocenters. The number of anilines is 2. The van der Waals surface area contributed by atoms with Crippen molar-refractivity contribution in [1.29, 1.82) is 0 Å². The van der Waals surface area contributed by atoms with E-state index in [1.54, 1.807) is 30.3 Å². The number of nitrogens with one attached hydrogen (secondary N) is 2. The Morgan fingerprint density at radius 3 is 2.53 bits per heavy atom. The molecule has 3 rings (SSSR count). The molecule has 6 N–H and O–H groups in total. The van der Waals surface area contributed by atoms with Gasteiger partial charge in [-0.1, -0.05) is 11.2 Å². The molecule has 0 saturated carbocycles. The maximum Gasteiger partial charge on any atom is 0.261 e. The van der Waals surface area contributed by atoms with Gasteiger partial charge in [0.15, 0.2) is 0 Å². The number of carbonyl (C=O) groups is 1. The van der Waals surface area contributed by atoms with E-state index in [2.05, 4.69) is 20.2 Å². The Morgan fingerprint density at radius 1 is 1.17 bits per heavy atom. The second-order valence-electron chi connectivity index (χ2n) is 9.09. The predicted octanol–water partition coefficient (Wildman–Crippen LogP) is 3.08. The monoisotopic (exact) mass is 518 g/mol. The highest BCUT2D eigenvalue weighted by Crippen LogP contribution is 2.24. The summed E-state index contributed by atoms with van der Waals surface area (Å²) in [5.74, 6) is 0.213. The van der Waals surface area contributed by atoms with Crippen LogP contribution >= 0.6 is 0 Å². The van der Waals surface area contributed by atoms with E-state index in [9.17, 15) is 17.6 Å². The summed E-state index contributed by atoms with van der Waals surface area (Å²) in [6, 6.07) is 12.0. The lowest BCUT2D eigenvalue weighted by molar-refractivity contribution is -0.124. The summed E-state index contributed by atoms with van der Waals surface area (Å²) in [6.45, 7) is 2.70. The van der Waals surface area contributed by atoms with Crippen LogP contribution in [0.5, 0.6) is 0 Å². The number of nitrogens with two attached hydrogens (primary N) is 2. The molecule has 3 aromatic rings. The molecule has 1 amide bonds. The van der Waals surface area contributed by atoms with Crippen LogP contribution in [0.4, 0.5) is 15.8 Å². The molecule has 0 aliphatic rings. The number of aromatic nitrogens is 2. The summed E-state index contributed by atoms with van der Waals surface area (Å²) in [6.07, 6.45) is 1.98. The molecule has 0 radical (unpaired) electrons. The van der Waals surface area contributed by atoms with E-state index in [4.69, 9.17) is 16.0 Å². The normalized spacial score (nSPS) is 12.8. The average Bonchev–Trinajstić information content (AvgIpc) is 3.31. The highest BCUT2D eigenvalue weighted by atomic mass is 32.2. The molecule has 2 aromatic carbocycles. The lowest BCUT2D eigenvalue weighted by Gasteiger charge is -2.19.